The first-order valence-corrected chi connectivity index (χ1v) is 7.94. The summed E-state index contributed by atoms with van der Waals surface area (Å²) < 4.78 is 0. The van der Waals surface area contributed by atoms with E-state index in [1.54, 1.807) is 11.8 Å². The molecule has 1 unspecified atom stereocenters. The van der Waals surface area contributed by atoms with Gasteiger partial charge >= 0.3 is 0 Å². The Kier molecular flexibility index (Phi) is 5.49. The second-order valence-corrected chi connectivity index (χ2v) is 5.61. The molecule has 2 heteroatoms. The lowest BCUT2D eigenvalue weighted by Gasteiger charge is -2.15. The van der Waals surface area contributed by atoms with Crippen molar-refractivity contribution in [2.45, 2.75) is 23.7 Å². The van der Waals surface area contributed by atoms with Crippen LogP contribution in [-0.2, 0) is 6.42 Å². The van der Waals surface area contributed by atoms with Crippen molar-refractivity contribution in [3.05, 3.63) is 65.7 Å². The summed E-state index contributed by atoms with van der Waals surface area (Å²) in [6.45, 7) is 0.714. The van der Waals surface area contributed by atoms with Gasteiger partial charge in [0.1, 0.15) is 0 Å². The van der Waals surface area contributed by atoms with Gasteiger partial charge in [-0.05, 0) is 54.8 Å². The van der Waals surface area contributed by atoms with E-state index >= 15 is 0 Å². The van der Waals surface area contributed by atoms with Crippen molar-refractivity contribution in [2.75, 3.05) is 12.8 Å². The average Bonchev–Trinajstić information content (AvgIpc) is 2.49. The minimum absolute atomic E-state index is 0.455. The molecule has 0 bridgehead atoms. The Morgan fingerprint density at radius 3 is 2.26 bits per heavy atom. The SMILES string of the molecule is CSc1ccc(C(CN)CCc2ccccc2)cc1. The van der Waals surface area contributed by atoms with Crippen molar-refractivity contribution in [3.8, 4) is 0 Å². The third-order valence-electron chi connectivity index (χ3n) is 3.50. The van der Waals surface area contributed by atoms with Gasteiger partial charge in [0.05, 0.1) is 0 Å². The molecule has 0 spiro atoms. The Labute approximate surface area is 120 Å². The monoisotopic (exact) mass is 271 g/mol. The van der Waals surface area contributed by atoms with Crippen LogP contribution in [0, 0.1) is 0 Å². The van der Waals surface area contributed by atoms with E-state index < -0.39 is 0 Å². The number of aryl methyl sites for hydroxylation is 1. The molecule has 2 aromatic rings. The van der Waals surface area contributed by atoms with Crippen molar-refractivity contribution >= 4 is 11.8 Å². The van der Waals surface area contributed by atoms with E-state index in [4.69, 9.17) is 5.73 Å². The lowest BCUT2D eigenvalue weighted by Crippen LogP contribution is -2.13. The molecule has 0 fully saturated rings. The predicted octanol–water partition coefficient (Wildman–Crippen LogP) is 4.08. The molecule has 0 aliphatic rings. The summed E-state index contributed by atoms with van der Waals surface area (Å²) in [5, 5.41) is 0. The van der Waals surface area contributed by atoms with Crippen LogP contribution in [-0.4, -0.2) is 12.8 Å². The van der Waals surface area contributed by atoms with Gasteiger partial charge in [0.25, 0.3) is 0 Å². The van der Waals surface area contributed by atoms with Gasteiger partial charge < -0.3 is 5.73 Å². The highest BCUT2D eigenvalue weighted by Crippen LogP contribution is 2.23. The Balaban J connectivity index is 1.99. The van der Waals surface area contributed by atoms with Crippen LogP contribution in [0.1, 0.15) is 23.5 Å². The van der Waals surface area contributed by atoms with Gasteiger partial charge in [-0.2, -0.15) is 0 Å². The van der Waals surface area contributed by atoms with Crippen molar-refractivity contribution in [3.63, 3.8) is 0 Å². The Morgan fingerprint density at radius 1 is 1.00 bits per heavy atom. The van der Waals surface area contributed by atoms with E-state index in [0.29, 0.717) is 12.5 Å². The molecule has 0 aromatic heterocycles. The molecule has 0 aliphatic heterocycles. The molecule has 0 saturated heterocycles. The van der Waals surface area contributed by atoms with Crippen LogP contribution in [0.25, 0.3) is 0 Å². The number of nitrogens with two attached hydrogens (primary N) is 1. The molecule has 1 nitrogen and oxygen atoms in total. The predicted molar refractivity (Wildman–Crippen MR) is 84.8 cm³/mol. The number of rotatable bonds is 6. The normalized spacial score (nSPS) is 12.3. The Morgan fingerprint density at radius 2 is 1.68 bits per heavy atom. The third-order valence-corrected chi connectivity index (χ3v) is 4.24. The van der Waals surface area contributed by atoms with Gasteiger partial charge in [0, 0.05) is 4.90 Å². The number of thioether (sulfide) groups is 1. The molecule has 0 aliphatic carbocycles. The zero-order chi connectivity index (χ0) is 13.5. The highest BCUT2D eigenvalue weighted by atomic mass is 32.2. The Bertz CT molecular complexity index is 478. The van der Waals surface area contributed by atoms with E-state index in [-0.39, 0.29) is 0 Å². The van der Waals surface area contributed by atoms with E-state index in [1.165, 1.54) is 16.0 Å². The van der Waals surface area contributed by atoms with Crippen LogP contribution < -0.4 is 5.73 Å². The van der Waals surface area contributed by atoms with Gasteiger partial charge in [-0.3, -0.25) is 0 Å². The summed E-state index contributed by atoms with van der Waals surface area (Å²) in [6, 6.07) is 19.4. The summed E-state index contributed by atoms with van der Waals surface area (Å²) in [7, 11) is 0. The molecule has 19 heavy (non-hydrogen) atoms. The maximum absolute atomic E-state index is 5.93. The standard InChI is InChI=1S/C17H21NS/c1-19-17-11-9-15(10-12-17)16(13-18)8-7-14-5-3-2-4-6-14/h2-6,9-12,16H,7-8,13,18H2,1H3. The zero-order valence-electron chi connectivity index (χ0n) is 11.4. The van der Waals surface area contributed by atoms with Crippen LogP contribution >= 0.6 is 11.8 Å². The highest BCUT2D eigenvalue weighted by molar-refractivity contribution is 7.98. The second-order valence-electron chi connectivity index (χ2n) is 4.73. The highest BCUT2D eigenvalue weighted by Gasteiger charge is 2.09. The van der Waals surface area contributed by atoms with Crippen LogP contribution in [0.4, 0.5) is 0 Å². The first-order chi connectivity index (χ1) is 9.33. The van der Waals surface area contributed by atoms with Crippen LogP contribution in [0.3, 0.4) is 0 Å². The maximum Gasteiger partial charge on any atom is 0.00693 e. The van der Waals surface area contributed by atoms with E-state index in [2.05, 4.69) is 60.9 Å². The second kappa shape index (κ2) is 7.37. The summed E-state index contributed by atoms with van der Waals surface area (Å²) in [5.41, 5.74) is 8.68. The molecule has 100 valence electrons. The van der Waals surface area contributed by atoms with Gasteiger partial charge in [0.2, 0.25) is 0 Å². The minimum Gasteiger partial charge on any atom is -0.330 e. The molecule has 2 N–H and O–H groups in total. The smallest absolute Gasteiger partial charge is 0.00693 e. The summed E-state index contributed by atoms with van der Waals surface area (Å²) in [5.74, 6) is 0.455. The zero-order valence-corrected chi connectivity index (χ0v) is 12.2. The van der Waals surface area contributed by atoms with Crippen molar-refractivity contribution in [1.82, 2.24) is 0 Å². The van der Waals surface area contributed by atoms with Gasteiger partial charge in [-0.15, -0.1) is 11.8 Å². The first kappa shape index (κ1) is 14.2. The van der Waals surface area contributed by atoms with Gasteiger partial charge in [-0.1, -0.05) is 42.5 Å². The van der Waals surface area contributed by atoms with Gasteiger partial charge in [0.15, 0.2) is 0 Å². The molecule has 0 saturated carbocycles. The maximum atomic E-state index is 5.93. The summed E-state index contributed by atoms with van der Waals surface area (Å²) in [6.07, 6.45) is 4.30. The van der Waals surface area contributed by atoms with E-state index in [9.17, 15) is 0 Å². The molecule has 0 amide bonds. The molecular formula is C17H21NS. The van der Waals surface area contributed by atoms with Crippen molar-refractivity contribution < 1.29 is 0 Å². The number of hydrogen-bond donors (Lipinski definition) is 1. The van der Waals surface area contributed by atoms with Crippen LogP contribution in [0.2, 0.25) is 0 Å². The first-order valence-electron chi connectivity index (χ1n) is 6.71. The largest absolute Gasteiger partial charge is 0.330 e. The van der Waals surface area contributed by atoms with Crippen LogP contribution in [0.5, 0.6) is 0 Å². The minimum atomic E-state index is 0.455. The number of hydrogen-bond acceptors (Lipinski definition) is 2. The molecule has 2 aromatic carbocycles. The Hall–Kier alpha value is -1.25. The quantitative estimate of drug-likeness (QED) is 0.801. The average molecular weight is 271 g/mol. The molecule has 0 heterocycles. The van der Waals surface area contributed by atoms with E-state index in [1.807, 2.05) is 0 Å². The van der Waals surface area contributed by atoms with Crippen molar-refractivity contribution in [1.29, 1.82) is 0 Å². The molecular weight excluding hydrogens is 250 g/mol. The molecule has 2 rings (SSSR count). The summed E-state index contributed by atoms with van der Waals surface area (Å²) >= 11 is 1.78. The third kappa shape index (κ3) is 4.12. The van der Waals surface area contributed by atoms with Crippen molar-refractivity contribution in [2.24, 2.45) is 5.73 Å². The molecule has 0 radical (unpaired) electrons. The van der Waals surface area contributed by atoms with E-state index in [0.717, 1.165) is 12.8 Å². The fourth-order valence-corrected chi connectivity index (χ4v) is 2.69. The fraction of sp³-hybridized carbons (Fsp3) is 0.294. The lowest BCUT2D eigenvalue weighted by molar-refractivity contribution is 0.633. The van der Waals surface area contributed by atoms with Crippen LogP contribution in [0.15, 0.2) is 59.5 Å². The topological polar surface area (TPSA) is 26.0 Å². The summed E-state index contributed by atoms with van der Waals surface area (Å²) in [4.78, 5) is 1.31. The fourth-order valence-electron chi connectivity index (χ4n) is 2.28. The molecule has 1 atom stereocenters. The van der Waals surface area contributed by atoms with Gasteiger partial charge in [-0.25, -0.2) is 0 Å². The number of benzene rings is 2. The lowest BCUT2D eigenvalue weighted by atomic mass is 9.92.